The van der Waals surface area contributed by atoms with Crippen molar-refractivity contribution in [2.24, 2.45) is 10.3 Å². The maximum atomic E-state index is 13.3. The van der Waals surface area contributed by atoms with E-state index < -0.39 is 12.1 Å². The second-order valence-corrected chi connectivity index (χ2v) is 8.53. The van der Waals surface area contributed by atoms with Crippen LogP contribution < -0.4 is 9.64 Å². The Kier molecular flexibility index (Phi) is 5.39. The third kappa shape index (κ3) is 3.72. The topological polar surface area (TPSA) is 101 Å². The molecule has 1 fully saturated rings. The molecule has 3 aromatic rings. The highest BCUT2D eigenvalue weighted by Crippen LogP contribution is 2.34. The number of nitrogens with zero attached hydrogens (tertiary/aromatic N) is 5. The number of anilines is 1. The van der Waals surface area contributed by atoms with E-state index >= 15 is 0 Å². The summed E-state index contributed by atoms with van der Waals surface area (Å²) in [5, 5.41) is 9.77. The maximum Gasteiger partial charge on any atom is 0.263 e. The first-order chi connectivity index (χ1) is 16.4. The van der Waals surface area contributed by atoms with Gasteiger partial charge in [0.2, 0.25) is 5.89 Å². The molecule has 9 nitrogen and oxygen atoms in total. The normalized spacial score (nSPS) is 19.3. The molecule has 0 aliphatic carbocycles. The quantitative estimate of drug-likeness (QED) is 0.513. The van der Waals surface area contributed by atoms with Crippen LogP contribution in [0.15, 0.2) is 57.2 Å². The lowest BCUT2D eigenvalue weighted by molar-refractivity contribution is -0.123. The zero-order chi connectivity index (χ0) is 24.0. The molecule has 1 saturated heterocycles. The Bertz CT molecular complexity index is 1280. The number of oxazole rings is 1. The minimum Gasteiger partial charge on any atom is -0.494 e. The van der Waals surface area contributed by atoms with Crippen molar-refractivity contribution in [3.8, 4) is 17.2 Å². The molecule has 0 bridgehead atoms. The van der Waals surface area contributed by atoms with Crippen molar-refractivity contribution in [1.29, 1.82) is 0 Å². The number of fused-ring (bicyclic) bond motifs is 1. The zero-order valence-corrected chi connectivity index (χ0v) is 19.5. The Morgan fingerprint density at radius 2 is 1.71 bits per heavy atom. The van der Waals surface area contributed by atoms with Crippen molar-refractivity contribution >= 4 is 17.5 Å². The SMILES string of the molecule is CCOc1ccc(-c2nc(CN3N=N[C@H]4C(=O)N(c5cc(C)cc(C)c5)C(=O)[C@H]43)c(C)o2)cc1. The van der Waals surface area contributed by atoms with Gasteiger partial charge in [-0.1, -0.05) is 11.3 Å². The predicted molar refractivity (Wildman–Crippen MR) is 124 cm³/mol. The van der Waals surface area contributed by atoms with E-state index in [1.165, 1.54) is 9.91 Å². The van der Waals surface area contributed by atoms with Gasteiger partial charge in [-0.15, -0.1) is 0 Å². The van der Waals surface area contributed by atoms with Crippen molar-refractivity contribution in [2.45, 2.75) is 46.3 Å². The summed E-state index contributed by atoms with van der Waals surface area (Å²) in [5.74, 6) is 1.16. The van der Waals surface area contributed by atoms with Crippen molar-refractivity contribution in [2.75, 3.05) is 11.5 Å². The number of amides is 2. The average Bonchev–Trinajstić information content (AvgIpc) is 3.44. The Hall–Kier alpha value is -4.01. The van der Waals surface area contributed by atoms with Gasteiger partial charge >= 0.3 is 0 Å². The van der Waals surface area contributed by atoms with Gasteiger partial charge in [-0.05, 0) is 75.2 Å². The van der Waals surface area contributed by atoms with E-state index in [1.54, 1.807) is 0 Å². The standard InChI is InChI=1S/C25H25N5O4/c1-5-33-19-8-6-17(7-9-19)23-26-20(16(4)34-23)13-29-22-21(27-28-29)24(31)30(25(22)32)18-11-14(2)10-15(3)12-18/h6-12,21-22H,5,13H2,1-4H3/t21-,22+/m1/s1. The fraction of sp³-hybridized carbons (Fsp3) is 0.320. The summed E-state index contributed by atoms with van der Waals surface area (Å²) < 4.78 is 11.4. The Balaban J connectivity index is 1.37. The summed E-state index contributed by atoms with van der Waals surface area (Å²) in [4.78, 5) is 32.2. The molecule has 0 spiro atoms. The van der Waals surface area contributed by atoms with Gasteiger partial charge in [0, 0.05) is 5.56 Å². The second-order valence-electron chi connectivity index (χ2n) is 8.53. The third-order valence-corrected chi connectivity index (χ3v) is 5.94. The number of aromatic nitrogens is 1. The first-order valence-electron chi connectivity index (χ1n) is 11.2. The van der Waals surface area contributed by atoms with E-state index in [0.717, 1.165) is 22.4 Å². The molecule has 2 atom stereocenters. The molecular formula is C25H25N5O4. The Morgan fingerprint density at radius 3 is 2.38 bits per heavy atom. The van der Waals surface area contributed by atoms with Crippen LogP contribution in [0, 0.1) is 20.8 Å². The zero-order valence-electron chi connectivity index (χ0n) is 19.5. The van der Waals surface area contributed by atoms with Gasteiger partial charge in [0.25, 0.3) is 11.8 Å². The van der Waals surface area contributed by atoms with Crippen LogP contribution in [0.25, 0.3) is 11.5 Å². The highest BCUT2D eigenvalue weighted by molar-refractivity contribution is 6.25. The molecule has 1 aromatic heterocycles. The van der Waals surface area contributed by atoms with E-state index in [1.807, 2.05) is 70.2 Å². The lowest BCUT2D eigenvalue weighted by Gasteiger charge is -2.20. The van der Waals surface area contributed by atoms with Crippen LogP contribution in [0.3, 0.4) is 0 Å². The van der Waals surface area contributed by atoms with Crippen molar-refractivity contribution in [1.82, 2.24) is 9.99 Å². The smallest absolute Gasteiger partial charge is 0.263 e. The molecule has 0 N–H and O–H groups in total. The largest absolute Gasteiger partial charge is 0.494 e. The van der Waals surface area contributed by atoms with Gasteiger partial charge in [0.05, 0.1) is 18.8 Å². The summed E-state index contributed by atoms with van der Waals surface area (Å²) in [6, 6.07) is 11.5. The number of carbonyl (C=O) groups is 2. The van der Waals surface area contributed by atoms with Crippen LogP contribution in [-0.2, 0) is 16.1 Å². The summed E-state index contributed by atoms with van der Waals surface area (Å²) >= 11 is 0. The van der Waals surface area contributed by atoms with E-state index in [9.17, 15) is 9.59 Å². The molecule has 2 aromatic carbocycles. The van der Waals surface area contributed by atoms with E-state index in [0.29, 0.717) is 29.6 Å². The molecule has 3 heterocycles. The molecule has 2 aliphatic rings. The lowest BCUT2D eigenvalue weighted by Crippen LogP contribution is -2.39. The number of rotatable bonds is 6. The first-order valence-corrected chi connectivity index (χ1v) is 11.2. The number of imide groups is 1. The van der Waals surface area contributed by atoms with Crippen LogP contribution in [0.4, 0.5) is 5.69 Å². The molecule has 2 aliphatic heterocycles. The van der Waals surface area contributed by atoms with Gasteiger partial charge in [-0.25, -0.2) is 9.88 Å². The summed E-state index contributed by atoms with van der Waals surface area (Å²) in [7, 11) is 0. The van der Waals surface area contributed by atoms with Crippen molar-refractivity contribution in [3.05, 3.63) is 65.0 Å². The van der Waals surface area contributed by atoms with Gasteiger partial charge in [-0.2, -0.15) is 5.11 Å². The second kappa shape index (κ2) is 8.40. The van der Waals surface area contributed by atoms with Crippen molar-refractivity contribution < 1.29 is 18.7 Å². The molecule has 174 valence electrons. The molecule has 5 rings (SSSR count). The van der Waals surface area contributed by atoms with Gasteiger partial charge in [0.1, 0.15) is 17.2 Å². The fourth-order valence-electron chi connectivity index (χ4n) is 4.40. The maximum absolute atomic E-state index is 13.3. The Morgan fingerprint density at radius 1 is 1.00 bits per heavy atom. The van der Waals surface area contributed by atoms with Crippen molar-refractivity contribution in [3.63, 3.8) is 0 Å². The molecule has 2 amide bonds. The van der Waals surface area contributed by atoms with Crippen LogP contribution >= 0.6 is 0 Å². The molecule has 9 heteroatoms. The molecular weight excluding hydrogens is 434 g/mol. The predicted octanol–water partition coefficient (Wildman–Crippen LogP) is 4.16. The average molecular weight is 460 g/mol. The molecule has 0 saturated carbocycles. The highest BCUT2D eigenvalue weighted by Gasteiger charge is 2.55. The minimum atomic E-state index is -0.855. The van der Waals surface area contributed by atoms with E-state index in [-0.39, 0.29) is 18.4 Å². The number of carbonyl (C=O) groups excluding carboxylic acids is 2. The van der Waals surface area contributed by atoms with Crippen LogP contribution in [0.2, 0.25) is 0 Å². The fourth-order valence-corrected chi connectivity index (χ4v) is 4.40. The van der Waals surface area contributed by atoms with Crippen LogP contribution in [0.5, 0.6) is 5.75 Å². The van der Waals surface area contributed by atoms with Crippen LogP contribution in [-0.4, -0.2) is 40.5 Å². The summed E-state index contributed by atoms with van der Waals surface area (Å²) in [6.07, 6.45) is 0. The molecule has 34 heavy (non-hydrogen) atoms. The van der Waals surface area contributed by atoms with Gasteiger partial charge < -0.3 is 9.15 Å². The third-order valence-electron chi connectivity index (χ3n) is 5.94. The highest BCUT2D eigenvalue weighted by atomic mass is 16.5. The number of hydrogen-bond donors (Lipinski definition) is 0. The van der Waals surface area contributed by atoms with Crippen LogP contribution in [0.1, 0.15) is 29.5 Å². The monoisotopic (exact) mass is 459 g/mol. The number of hydrogen-bond acceptors (Lipinski definition) is 8. The summed E-state index contributed by atoms with van der Waals surface area (Å²) in [5.41, 5.74) is 3.96. The first kappa shape index (κ1) is 21.8. The minimum absolute atomic E-state index is 0.205. The van der Waals surface area contributed by atoms with Gasteiger partial charge in [-0.3, -0.25) is 14.6 Å². The molecule has 0 radical (unpaired) electrons. The Labute approximate surface area is 197 Å². The van der Waals surface area contributed by atoms with E-state index in [2.05, 4.69) is 15.3 Å². The lowest BCUT2D eigenvalue weighted by atomic mass is 10.1. The number of aryl methyl sites for hydroxylation is 3. The summed E-state index contributed by atoms with van der Waals surface area (Å²) in [6.45, 7) is 8.41. The number of ether oxygens (including phenoxy) is 1. The van der Waals surface area contributed by atoms with E-state index in [4.69, 9.17) is 9.15 Å². The number of benzene rings is 2. The molecule has 0 unspecified atom stereocenters. The van der Waals surface area contributed by atoms with Gasteiger partial charge in [0.15, 0.2) is 12.1 Å².